The first-order valence-electron chi connectivity index (χ1n) is 5.37. The van der Waals surface area contributed by atoms with E-state index in [1.165, 1.54) is 0 Å². The molecule has 0 saturated heterocycles. The maximum absolute atomic E-state index is 5.65. The molecular weight excluding hydrogens is 222 g/mol. The lowest BCUT2D eigenvalue weighted by molar-refractivity contribution is 0.478. The van der Waals surface area contributed by atoms with Crippen LogP contribution in [0.1, 0.15) is 24.9 Å². The van der Waals surface area contributed by atoms with Crippen LogP contribution in [0, 0.1) is 6.92 Å². The van der Waals surface area contributed by atoms with Gasteiger partial charge in [-0.25, -0.2) is 9.97 Å². The fraction of sp³-hybridized carbons (Fsp3) is 0.455. The van der Waals surface area contributed by atoms with Crippen molar-refractivity contribution < 1.29 is 4.42 Å². The molecule has 0 unspecified atom stereocenters. The molecular formula is C11H15N3OS. The topological polar surface area (TPSA) is 51.0 Å². The number of thiazole rings is 1. The molecule has 0 saturated carbocycles. The van der Waals surface area contributed by atoms with Gasteiger partial charge in [0.15, 0.2) is 5.76 Å². The van der Waals surface area contributed by atoms with Crippen molar-refractivity contribution in [3.8, 4) is 10.6 Å². The molecule has 0 aliphatic rings. The summed E-state index contributed by atoms with van der Waals surface area (Å²) in [6.07, 6.45) is 2.88. The lowest BCUT2D eigenvalue weighted by Gasteiger charge is -1.97. The minimum absolute atomic E-state index is 0.686. The molecule has 2 rings (SSSR count). The second-order valence-corrected chi connectivity index (χ2v) is 4.42. The number of oxazole rings is 1. The van der Waals surface area contributed by atoms with E-state index in [-0.39, 0.29) is 0 Å². The molecule has 86 valence electrons. The molecule has 0 radical (unpaired) electrons. The molecule has 0 spiro atoms. The average molecular weight is 237 g/mol. The summed E-state index contributed by atoms with van der Waals surface area (Å²) in [5, 5.41) is 3.26. The number of hydrogen-bond acceptors (Lipinski definition) is 5. The quantitative estimate of drug-likeness (QED) is 0.812. The van der Waals surface area contributed by atoms with Crippen LogP contribution in [-0.2, 0) is 6.54 Å². The van der Waals surface area contributed by atoms with E-state index in [1.54, 1.807) is 17.5 Å². The third-order valence-corrected chi connectivity index (χ3v) is 3.17. The Labute approximate surface area is 98.7 Å². The van der Waals surface area contributed by atoms with Crippen molar-refractivity contribution in [3.63, 3.8) is 0 Å². The molecule has 0 atom stereocenters. The highest BCUT2D eigenvalue weighted by Gasteiger charge is 2.10. The molecule has 2 aromatic heterocycles. The molecule has 4 nitrogen and oxygen atoms in total. The standard InChI is InChI=1S/C11H15N3OS/c1-3-4-12-6-10-13-5-9(15-10)11-8(2)14-7-16-11/h5,7,12H,3-4,6H2,1-2H3. The SMILES string of the molecule is CCCNCc1ncc(-c2scnc2C)o1. The first-order valence-corrected chi connectivity index (χ1v) is 6.25. The number of nitrogens with zero attached hydrogens (tertiary/aromatic N) is 2. The summed E-state index contributed by atoms with van der Waals surface area (Å²) >= 11 is 1.58. The van der Waals surface area contributed by atoms with Gasteiger partial charge in [-0.05, 0) is 19.9 Å². The van der Waals surface area contributed by atoms with Crippen LogP contribution in [0.25, 0.3) is 10.6 Å². The number of hydrogen-bond donors (Lipinski definition) is 1. The largest absolute Gasteiger partial charge is 0.438 e. The highest BCUT2D eigenvalue weighted by atomic mass is 32.1. The zero-order valence-electron chi connectivity index (χ0n) is 9.49. The summed E-state index contributed by atoms with van der Waals surface area (Å²) in [6.45, 7) is 5.78. The van der Waals surface area contributed by atoms with E-state index >= 15 is 0 Å². The Morgan fingerprint density at radius 1 is 1.44 bits per heavy atom. The summed E-state index contributed by atoms with van der Waals surface area (Å²) in [6, 6.07) is 0. The van der Waals surface area contributed by atoms with Crippen molar-refractivity contribution in [2.75, 3.05) is 6.54 Å². The Morgan fingerprint density at radius 2 is 2.31 bits per heavy atom. The van der Waals surface area contributed by atoms with Crippen molar-refractivity contribution in [2.24, 2.45) is 0 Å². The van der Waals surface area contributed by atoms with Crippen LogP contribution >= 0.6 is 11.3 Å². The number of nitrogens with one attached hydrogen (secondary N) is 1. The normalized spacial score (nSPS) is 10.9. The van der Waals surface area contributed by atoms with Gasteiger partial charge in [-0.1, -0.05) is 6.92 Å². The first kappa shape index (κ1) is 11.3. The zero-order chi connectivity index (χ0) is 11.4. The minimum Gasteiger partial charge on any atom is -0.438 e. The zero-order valence-corrected chi connectivity index (χ0v) is 10.3. The maximum Gasteiger partial charge on any atom is 0.208 e. The Balaban J connectivity index is 2.05. The van der Waals surface area contributed by atoms with Crippen LogP contribution in [0.15, 0.2) is 16.1 Å². The summed E-state index contributed by atoms with van der Waals surface area (Å²) in [5.74, 6) is 1.55. The summed E-state index contributed by atoms with van der Waals surface area (Å²) in [5.41, 5.74) is 2.82. The van der Waals surface area contributed by atoms with E-state index in [4.69, 9.17) is 4.42 Å². The molecule has 0 bridgehead atoms. The summed E-state index contributed by atoms with van der Waals surface area (Å²) < 4.78 is 5.65. The molecule has 0 amide bonds. The van der Waals surface area contributed by atoms with Crippen LogP contribution in [0.5, 0.6) is 0 Å². The van der Waals surface area contributed by atoms with E-state index in [0.29, 0.717) is 6.54 Å². The van der Waals surface area contributed by atoms with E-state index in [1.807, 2.05) is 12.4 Å². The third kappa shape index (κ3) is 2.48. The monoisotopic (exact) mass is 237 g/mol. The second kappa shape index (κ2) is 5.23. The average Bonchev–Trinajstić information content (AvgIpc) is 2.87. The van der Waals surface area contributed by atoms with Crippen molar-refractivity contribution in [1.29, 1.82) is 0 Å². The van der Waals surface area contributed by atoms with Gasteiger partial charge in [-0.2, -0.15) is 0 Å². The molecule has 1 N–H and O–H groups in total. The molecule has 5 heteroatoms. The fourth-order valence-corrected chi connectivity index (χ4v) is 2.16. The second-order valence-electron chi connectivity index (χ2n) is 3.56. The lowest BCUT2D eigenvalue weighted by atomic mass is 10.3. The molecule has 0 aliphatic carbocycles. The third-order valence-electron chi connectivity index (χ3n) is 2.23. The number of aromatic nitrogens is 2. The van der Waals surface area contributed by atoms with E-state index in [9.17, 15) is 0 Å². The summed E-state index contributed by atoms with van der Waals surface area (Å²) in [7, 11) is 0. The van der Waals surface area contributed by atoms with Gasteiger partial charge in [0, 0.05) is 0 Å². The van der Waals surface area contributed by atoms with E-state index in [2.05, 4.69) is 22.2 Å². The van der Waals surface area contributed by atoms with Crippen molar-refractivity contribution >= 4 is 11.3 Å². The molecule has 0 aliphatic heterocycles. The summed E-state index contributed by atoms with van der Waals surface area (Å²) in [4.78, 5) is 9.49. The smallest absolute Gasteiger partial charge is 0.208 e. The Kier molecular flexibility index (Phi) is 3.69. The van der Waals surface area contributed by atoms with Gasteiger partial charge in [0.05, 0.1) is 28.8 Å². The highest BCUT2D eigenvalue weighted by Crippen LogP contribution is 2.27. The van der Waals surface area contributed by atoms with Crippen LogP contribution < -0.4 is 5.32 Å². The van der Waals surface area contributed by atoms with Crippen LogP contribution in [0.3, 0.4) is 0 Å². The maximum atomic E-state index is 5.65. The molecule has 0 fully saturated rings. The molecule has 2 aromatic rings. The number of aryl methyl sites for hydroxylation is 1. The fourth-order valence-electron chi connectivity index (χ4n) is 1.41. The highest BCUT2D eigenvalue weighted by molar-refractivity contribution is 7.13. The number of rotatable bonds is 5. The first-order chi connectivity index (χ1) is 7.81. The van der Waals surface area contributed by atoms with Gasteiger partial charge in [0.1, 0.15) is 0 Å². The van der Waals surface area contributed by atoms with Crippen molar-refractivity contribution in [2.45, 2.75) is 26.8 Å². The minimum atomic E-state index is 0.686. The van der Waals surface area contributed by atoms with Crippen LogP contribution in [0.2, 0.25) is 0 Å². The molecule has 0 aromatic carbocycles. The lowest BCUT2D eigenvalue weighted by Crippen LogP contribution is -2.13. The van der Waals surface area contributed by atoms with Gasteiger partial charge in [-0.3, -0.25) is 0 Å². The molecule has 2 heterocycles. The van der Waals surface area contributed by atoms with E-state index in [0.717, 1.165) is 35.2 Å². The van der Waals surface area contributed by atoms with Crippen molar-refractivity contribution in [3.05, 3.63) is 23.3 Å². The predicted molar refractivity (Wildman–Crippen MR) is 64.3 cm³/mol. The van der Waals surface area contributed by atoms with Gasteiger partial charge in [0.2, 0.25) is 5.89 Å². The Hall–Kier alpha value is -1.20. The van der Waals surface area contributed by atoms with Crippen LogP contribution in [-0.4, -0.2) is 16.5 Å². The Bertz CT molecular complexity index is 450. The van der Waals surface area contributed by atoms with Crippen molar-refractivity contribution in [1.82, 2.24) is 15.3 Å². The molecule has 16 heavy (non-hydrogen) atoms. The van der Waals surface area contributed by atoms with E-state index < -0.39 is 0 Å². The van der Waals surface area contributed by atoms with Gasteiger partial charge in [0.25, 0.3) is 0 Å². The van der Waals surface area contributed by atoms with Gasteiger partial charge < -0.3 is 9.73 Å². The van der Waals surface area contributed by atoms with Gasteiger partial charge in [-0.15, -0.1) is 11.3 Å². The van der Waals surface area contributed by atoms with Gasteiger partial charge >= 0.3 is 0 Å². The van der Waals surface area contributed by atoms with Crippen LogP contribution in [0.4, 0.5) is 0 Å². The predicted octanol–water partition coefficient (Wildman–Crippen LogP) is 2.61. The Morgan fingerprint density at radius 3 is 3.00 bits per heavy atom.